The second-order valence-electron chi connectivity index (χ2n) is 6.39. The summed E-state index contributed by atoms with van der Waals surface area (Å²) < 4.78 is 28.2. The minimum absolute atomic E-state index is 0.149. The van der Waals surface area contributed by atoms with Gasteiger partial charge >= 0.3 is 0 Å². The van der Waals surface area contributed by atoms with Crippen LogP contribution in [0.2, 0.25) is 0 Å². The number of sulfone groups is 1. The van der Waals surface area contributed by atoms with Gasteiger partial charge in [0.2, 0.25) is 5.91 Å². The number of hydrogen-bond donors (Lipinski definition) is 1. The molecule has 1 unspecified atom stereocenters. The van der Waals surface area contributed by atoms with Crippen molar-refractivity contribution in [2.75, 3.05) is 24.7 Å². The molecule has 1 saturated heterocycles. The Morgan fingerprint density at radius 1 is 1.27 bits per heavy atom. The Labute approximate surface area is 151 Å². The van der Waals surface area contributed by atoms with Crippen LogP contribution in [0.3, 0.4) is 0 Å². The van der Waals surface area contributed by atoms with Crippen LogP contribution in [-0.4, -0.2) is 44.5 Å². The molecule has 0 aliphatic carbocycles. The molecule has 1 aromatic carbocycles. The average molecular weight is 376 g/mol. The standard InChI is InChI=1S/C18H20N2O5S/c1-26(23,24)16-6-2-5-15(10-16)19-17(21)13-4-3-8-20(11-13)18(22)14-7-9-25-12-14/h2,5-7,9-10,12-13H,3-4,8,11H2,1H3,(H,19,21). The molecule has 2 amide bonds. The molecule has 8 heteroatoms. The number of carbonyl (C=O) groups excluding carboxylic acids is 2. The monoisotopic (exact) mass is 376 g/mol. The van der Waals surface area contributed by atoms with Gasteiger partial charge in [0.1, 0.15) is 6.26 Å². The summed E-state index contributed by atoms with van der Waals surface area (Å²) in [6, 6.07) is 7.75. The number of nitrogens with one attached hydrogen (secondary N) is 1. The van der Waals surface area contributed by atoms with E-state index < -0.39 is 9.84 Å². The van der Waals surface area contributed by atoms with E-state index in [-0.39, 0.29) is 22.6 Å². The van der Waals surface area contributed by atoms with Crippen LogP contribution in [0.4, 0.5) is 5.69 Å². The quantitative estimate of drug-likeness (QED) is 0.882. The molecular formula is C18H20N2O5S. The Balaban J connectivity index is 1.67. The molecule has 26 heavy (non-hydrogen) atoms. The molecule has 3 rings (SSSR count). The molecule has 0 bridgehead atoms. The first-order valence-electron chi connectivity index (χ1n) is 8.27. The number of likely N-dealkylation sites (tertiary alicyclic amines) is 1. The number of hydrogen-bond acceptors (Lipinski definition) is 5. The van der Waals surface area contributed by atoms with E-state index in [0.717, 1.165) is 12.7 Å². The zero-order valence-corrected chi connectivity index (χ0v) is 15.2. The van der Waals surface area contributed by atoms with Gasteiger partial charge in [0.25, 0.3) is 5.91 Å². The fraction of sp³-hybridized carbons (Fsp3) is 0.333. The Kier molecular flexibility index (Phi) is 5.13. The zero-order chi connectivity index (χ0) is 18.7. The highest BCUT2D eigenvalue weighted by Gasteiger charge is 2.29. The van der Waals surface area contributed by atoms with E-state index in [4.69, 9.17) is 4.42 Å². The van der Waals surface area contributed by atoms with Crippen molar-refractivity contribution in [1.82, 2.24) is 4.90 Å². The van der Waals surface area contributed by atoms with E-state index in [9.17, 15) is 18.0 Å². The van der Waals surface area contributed by atoms with Gasteiger partial charge < -0.3 is 14.6 Å². The first-order valence-corrected chi connectivity index (χ1v) is 10.2. The minimum atomic E-state index is -3.34. The number of benzene rings is 1. The van der Waals surface area contributed by atoms with Crippen LogP contribution in [0.1, 0.15) is 23.2 Å². The van der Waals surface area contributed by atoms with Crippen molar-refractivity contribution < 1.29 is 22.4 Å². The summed E-state index contributed by atoms with van der Waals surface area (Å²) in [4.78, 5) is 26.8. The van der Waals surface area contributed by atoms with Crippen LogP contribution in [0.5, 0.6) is 0 Å². The number of amides is 2. The third-order valence-electron chi connectivity index (χ3n) is 4.38. The summed E-state index contributed by atoms with van der Waals surface area (Å²) in [5.74, 6) is -0.725. The first-order chi connectivity index (χ1) is 12.3. The zero-order valence-electron chi connectivity index (χ0n) is 14.3. The molecule has 1 aromatic heterocycles. The third kappa shape index (κ3) is 4.13. The molecule has 1 fully saturated rings. The number of furan rings is 1. The second-order valence-corrected chi connectivity index (χ2v) is 8.41. The summed E-state index contributed by atoms with van der Waals surface area (Å²) in [5, 5.41) is 2.76. The molecule has 7 nitrogen and oxygen atoms in total. The maximum absolute atomic E-state index is 12.6. The van der Waals surface area contributed by atoms with Gasteiger partial charge in [0.05, 0.1) is 22.6 Å². The SMILES string of the molecule is CS(=O)(=O)c1cccc(NC(=O)C2CCCN(C(=O)c3ccoc3)C2)c1. The molecule has 0 radical (unpaired) electrons. The van der Waals surface area contributed by atoms with Gasteiger partial charge in [0, 0.05) is 25.0 Å². The normalized spacial score (nSPS) is 17.7. The number of piperidine rings is 1. The van der Waals surface area contributed by atoms with Crippen LogP contribution < -0.4 is 5.32 Å². The van der Waals surface area contributed by atoms with E-state index in [1.807, 2.05) is 0 Å². The summed E-state index contributed by atoms with van der Waals surface area (Å²) in [5.41, 5.74) is 0.892. The maximum atomic E-state index is 12.6. The van der Waals surface area contributed by atoms with Gasteiger partial charge in [-0.3, -0.25) is 9.59 Å². The van der Waals surface area contributed by atoms with Crippen LogP contribution in [0, 0.1) is 5.92 Å². The summed E-state index contributed by atoms with van der Waals surface area (Å²) in [7, 11) is -3.34. The van der Waals surface area contributed by atoms with Crippen LogP contribution in [-0.2, 0) is 14.6 Å². The van der Waals surface area contributed by atoms with Crippen molar-refractivity contribution in [1.29, 1.82) is 0 Å². The van der Waals surface area contributed by atoms with Crippen molar-refractivity contribution in [2.45, 2.75) is 17.7 Å². The number of rotatable bonds is 4. The highest BCUT2D eigenvalue weighted by molar-refractivity contribution is 7.90. The van der Waals surface area contributed by atoms with Gasteiger partial charge in [-0.15, -0.1) is 0 Å². The van der Waals surface area contributed by atoms with Crippen molar-refractivity contribution in [3.8, 4) is 0 Å². The van der Waals surface area contributed by atoms with E-state index in [1.165, 1.54) is 24.7 Å². The number of carbonyl (C=O) groups is 2. The predicted octanol–water partition coefficient (Wildman–Crippen LogP) is 2.17. The largest absolute Gasteiger partial charge is 0.472 e. The van der Waals surface area contributed by atoms with Crippen molar-refractivity contribution >= 4 is 27.3 Å². The smallest absolute Gasteiger partial charge is 0.257 e. The molecule has 1 N–H and O–H groups in total. The summed E-state index contributed by atoms with van der Waals surface area (Å²) in [6.45, 7) is 0.916. The van der Waals surface area contributed by atoms with E-state index in [1.54, 1.807) is 23.1 Å². The summed E-state index contributed by atoms with van der Waals surface area (Å²) in [6.07, 6.45) is 5.35. The van der Waals surface area contributed by atoms with E-state index in [2.05, 4.69) is 5.32 Å². The van der Waals surface area contributed by atoms with Gasteiger partial charge in [-0.05, 0) is 37.1 Å². The van der Waals surface area contributed by atoms with E-state index >= 15 is 0 Å². The van der Waals surface area contributed by atoms with Gasteiger partial charge in [-0.25, -0.2) is 8.42 Å². The highest BCUT2D eigenvalue weighted by atomic mass is 32.2. The maximum Gasteiger partial charge on any atom is 0.257 e. The van der Waals surface area contributed by atoms with Crippen LogP contribution >= 0.6 is 0 Å². The second kappa shape index (κ2) is 7.33. The fourth-order valence-electron chi connectivity index (χ4n) is 2.99. The molecule has 1 aliphatic rings. The number of anilines is 1. The van der Waals surface area contributed by atoms with Gasteiger partial charge in [0.15, 0.2) is 9.84 Å². The fourth-order valence-corrected chi connectivity index (χ4v) is 3.66. The Hall–Kier alpha value is -2.61. The molecule has 1 aliphatic heterocycles. The average Bonchev–Trinajstić information content (AvgIpc) is 3.15. The molecule has 138 valence electrons. The van der Waals surface area contributed by atoms with Gasteiger partial charge in [-0.1, -0.05) is 6.07 Å². The predicted molar refractivity (Wildman–Crippen MR) is 95.5 cm³/mol. The lowest BCUT2D eigenvalue weighted by Crippen LogP contribution is -2.43. The lowest BCUT2D eigenvalue weighted by molar-refractivity contribution is -0.121. The lowest BCUT2D eigenvalue weighted by atomic mass is 9.96. The van der Waals surface area contributed by atoms with E-state index in [0.29, 0.717) is 30.8 Å². The van der Waals surface area contributed by atoms with Gasteiger partial charge in [-0.2, -0.15) is 0 Å². The lowest BCUT2D eigenvalue weighted by Gasteiger charge is -2.31. The molecule has 0 spiro atoms. The van der Waals surface area contributed by atoms with Crippen molar-refractivity contribution in [3.05, 3.63) is 48.4 Å². The Morgan fingerprint density at radius 2 is 2.08 bits per heavy atom. The van der Waals surface area contributed by atoms with Crippen molar-refractivity contribution in [3.63, 3.8) is 0 Å². The molecule has 1 atom stereocenters. The molecule has 2 heterocycles. The number of nitrogens with zero attached hydrogens (tertiary/aromatic N) is 1. The first kappa shape index (κ1) is 18.2. The summed E-state index contributed by atoms with van der Waals surface area (Å²) >= 11 is 0. The molecule has 0 saturated carbocycles. The molecule has 2 aromatic rings. The van der Waals surface area contributed by atoms with Crippen LogP contribution in [0.25, 0.3) is 0 Å². The highest BCUT2D eigenvalue weighted by Crippen LogP contribution is 2.22. The molecular weight excluding hydrogens is 356 g/mol. The minimum Gasteiger partial charge on any atom is -0.472 e. The Bertz CT molecular complexity index is 905. The topological polar surface area (TPSA) is 96.7 Å². The van der Waals surface area contributed by atoms with Crippen LogP contribution in [0.15, 0.2) is 52.2 Å². The third-order valence-corrected chi connectivity index (χ3v) is 5.49. The van der Waals surface area contributed by atoms with Crippen molar-refractivity contribution in [2.24, 2.45) is 5.92 Å². The Morgan fingerprint density at radius 3 is 2.77 bits per heavy atom.